The van der Waals surface area contributed by atoms with Crippen molar-refractivity contribution in [2.75, 3.05) is 0 Å². The minimum Gasteiger partial charge on any atom is -0.411 e. The van der Waals surface area contributed by atoms with Crippen LogP contribution >= 0.6 is 0 Å². The van der Waals surface area contributed by atoms with E-state index in [1.807, 2.05) is 0 Å². The summed E-state index contributed by atoms with van der Waals surface area (Å²) in [5, 5.41) is 12.2. The third-order valence-electron chi connectivity index (χ3n) is 4.38. The van der Waals surface area contributed by atoms with Gasteiger partial charge in [0, 0.05) is 5.92 Å². The zero-order valence-corrected chi connectivity index (χ0v) is 8.04. The second-order valence-corrected chi connectivity index (χ2v) is 4.94. The number of rotatable bonds is 0. The predicted octanol–water partition coefficient (Wildman–Crippen LogP) is 2.52. The largest absolute Gasteiger partial charge is 0.411 e. The monoisotopic (exact) mass is 167 g/mol. The predicted molar refractivity (Wildman–Crippen MR) is 48.4 cm³/mol. The van der Waals surface area contributed by atoms with Crippen LogP contribution in [0.15, 0.2) is 5.16 Å². The molecule has 0 aliphatic heterocycles. The highest BCUT2D eigenvalue weighted by Gasteiger charge is 2.53. The minimum atomic E-state index is 0.457. The van der Waals surface area contributed by atoms with E-state index < -0.39 is 0 Å². The van der Waals surface area contributed by atoms with Gasteiger partial charge in [-0.1, -0.05) is 25.9 Å². The molecule has 0 spiro atoms. The van der Waals surface area contributed by atoms with E-state index in [1.54, 1.807) is 0 Å². The molecule has 2 nitrogen and oxygen atoms in total. The van der Waals surface area contributed by atoms with Crippen LogP contribution in [0, 0.1) is 23.2 Å². The standard InChI is InChI=1S/C10H17NO/c1-6-8-4-7(10(6,2)3)5-9(8)11-12/h6-8,12H,4-5H2,1-3H3/b11-9-/t6-,7-,8-/m0/s1. The van der Waals surface area contributed by atoms with Crippen LogP contribution in [0.4, 0.5) is 0 Å². The Bertz CT molecular complexity index is 228. The second-order valence-electron chi connectivity index (χ2n) is 4.94. The lowest BCUT2D eigenvalue weighted by Gasteiger charge is -2.36. The highest BCUT2D eigenvalue weighted by atomic mass is 16.4. The summed E-state index contributed by atoms with van der Waals surface area (Å²) < 4.78 is 0. The number of nitrogens with zero attached hydrogens (tertiary/aromatic N) is 1. The SMILES string of the molecule is C[C@H]1[C@@H]2C[C@@H](C/C2=N/O)C1(C)C. The highest BCUT2D eigenvalue weighted by molar-refractivity contribution is 5.90. The Morgan fingerprint density at radius 3 is 2.58 bits per heavy atom. The van der Waals surface area contributed by atoms with Crippen LogP contribution in [0.5, 0.6) is 0 Å². The van der Waals surface area contributed by atoms with Crippen LogP contribution in [0.1, 0.15) is 33.6 Å². The fourth-order valence-corrected chi connectivity index (χ4v) is 2.99. The van der Waals surface area contributed by atoms with Crippen molar-refractivity contribution in [2.45, 2.75) is 33.6 Å². The van der Waals surface area contributed by atoms with Crippen molar-refractivity contribution < 1.29 is 5.21 Å². The molecule has 2 rings (SSSR count). The number of hydrogen-bond donors (Lipinski definition) is 1. The fraction of sp³-hybridized carbons (Fsp3) is 0.900. The molecular weight excluding hydrogens is 150 g/mol. The molecule has 2 aliphatic rings. The molecule has 2 heteroatoms. The van der Waals surface area contributed by atoms with Gasteiger partial charge in [0.05, 0.1) is 5.71 Å². The van der Waals surface area contributed by atoms with E-state index >= 15 is 0 Å². The average Bonchev–Trinajstić information content (AvgIpc) is 2.52. The summed E-state index contributed by atoms with van der Waals surface area (Å²) in [6.45, 7) is 6.97. The van der Waals surface area contributed by atoms with Gasteiger partial charge in [-0.3, -0.25) is 0 Å². The van der Waals surface area contributed by atoms with Crippen molar-refractivity contribution in [1.82, 2.24) is 0 Å². The molecule has 12 heavy (non-hydrogen) atoms. The molecule has 2 bridgehead atoms. The summed E-state index contributed by atoms with van der Waals surface area (Å²) >= 11 is 0. The normalized spacial score (nSPS) is 47.2. The van der Waals surface area contributed by atoms with Crippen molar-refractivity contribution in [2.24, 2.45) is 28.3 Å². The van der Waals surface area contributed by atoms with E-state index in [0.717, 1.165) is 18.1 Å². The van der Waals surface area contributed by atoms with Crippen molar-refractivity contribution in [3.63, 3.8) is 0 Å². The van der Waals surface area contributed by atoms with E-state index in [2.05, 4.69) is 25.9 Å². The molecular formula is C10H17NO. The maximum Gasteiger partial charge on any atom is 0.0607 e. The molecule has 2 fully saturated rings. The first-order chi connectivity index (χ1) is 5.57. The van der Waals surface area contributed by atoms with E-state index in [4.69, 9.17) is 5.21 Å². The first kappa shape index (κ1) is 8.09. The summed E-state index contributed by atoms with van der Waals surface area (Å²) in [7, 11) is 0. The number of oxime groups is 1. The van der Waals surface area contributed by atoms with E-state index in [0.29, 0.717) is 17.3 Å². The van der Waals surface area contributed by atoms with Gasteiger partial charge in [-0.05, 0) is 30.1 Å². The molecule has 0 unspecified atom stereocenters. The Morgan fingerprint density at radius 1 is 1.50 bits per heavy atom. The Morgan fingerprint density at radius 2 is 2.17 bits per heavy atom. The van der Waals surface area contributed by atoms with E-state index in [9.17, 15) is 0 Å². The molecule has 0 amide bonds. The Balaban J connectivity index is 2.29. The van der Waals surface area contributed by atoms with Gasteiger partial charge < -0.3 is 5.21 Å². The van der Waals surface area contributed by atoms with Crippen LogP contribution in [0.25, 0.3) is 0 Å². The van der Waals surface area contributed by atoms with Crippen molar-refractivity contribution >= 4 is 5.71 Å². The lowest BCUT2D eigenvalue weighted by molar-refractivity contribution is 0.178. The molecule has 2 saturated carbocycles. The molecule has 0 radical (unpaired) electrons. The topological polar surface area (TPSA) is 32.6 Å². The van der Waals surface area contributed by atoms with Gasteiger partial charge in [0.25, 0.3) is 0 Å². The van der Waals surface area contributed by atoms with Crippen LogP contribution < -0.4 is 0 Å². The summed E-state index contributed by atoms with van der Waals surface area (Å²) in [6, 6.07) is 0. The summed E-state index contributed by atoms with van der Waals surface area (Å²) in [5.74, 6) is 2.00. The van der Waals surface area contributed by atoms with Gasteiger partial charge in [-0.2, -0.15) is 0 Å². The maximum atomic E-state index is 8.76. The molecule has 1 N–H and O–H groups in total. The second kappa shape index (κ2) is 2.24. The first-order valence-electron chi connectivity index (χ1n) is 4.78. The van der Waals surface area contributed by atoms with Gasteiger partial charge in [0.2, 0.25) is 0 Å². The quantitative estimate of drug-likeness (QED) is 0.436. The Hall–Kier alpha value is -0.530. The van der Waals surface area contributed by atoms with E-state index in [-0.39, 0.29) is 0 Å². The lowest BCUT2D eigenvalue weighted by atomic mass is 9.69. The molecule has 0 aromatic heterocycles. The molecule has 0 saturated heterocycles. The van der Waals surface area contributed by atoms with Crippen LogP contribution in [0.2, 0.25) is 0 Å². The Labute approximate surface area is 73.7 Å². The Kier molecular flexibility index (Phi) is 1.51. The summed E-state index contributed by atoms with van der Waals surface area (Å²) in [5.41, 5.74) is 1.51. The van der Waals surface area contributed by atoms with Gasteiger partial charge in [0.1, 0.15) is 0 Å². The zero-order valence-electron chi connectivity index (χ0n) is 8.04. The third kappa shape index (κ3) is 0.782. The maximum absolute atomic E-state index is 8.76. The smallest absolute Gasteiger partial charge is 0.0607 e. The number of fused-ring (bicyclic) bond motifs is 2. The van der Waals surface area contributed by atoms with Crippen LogP contribution in [-0.2, 0) is 0 Å². The molecule has 0 aromatic carbocycles. The molecule has 0 heterocycles. The molecule has 68 valence electrons. The van der Waals surface area contributed by atoms with Crippen molar-refractivity contribution in [3.8, 4) is 0 Å². The zero-order chi connectivity index (χ0) is 8.93. The fourth-order valence-electron chi connectivity index (χ4n) is 2.99. The van der Waals surface area contributed by atoms with E-state index in [1.165, 1.54) is 6.42 Å². The molecule has 2 aliphatic carbocycles. The van der Waals surface area contributed by atoms with Gasteiger partial charge in [-0.15, -0.1) is 0 Å². The number of hydrogen-bond acceptors (Lipinski definition) is 2. The highest BCUT2D eigenvalue weighted by Crippen LogP contribution is 2.57. The van der Waals surface area contributed by atoms with Crippen LogP contribution in [0.3, 0.4) is 0 Å². The van der Waals surface area contributed by atoms with Crippen molar-refractivity contribution in [3.05, 3.63) is 0 Å². The third-order valence-corrected chi connectivity index (χ3v) is 4.38. The molecule has 0 aromatic rings. The van der Waals surface area contributed by atoms with Crippen molar-refractivity contribution in [1.29, 1.82) is 0 Å². The van der Waals surface area contributed by atoms with Gasteiger partial charge in [0.15, 0.2) is 0 Å². The van der Waals surface area contributed by atoms with Gasteiger partial charge in [-0.25, -0.2) is 0 Å². The molecule has 3 atom stereocenters. The van der Waals surface area contributed by atoms with Gasteiger partial charge >= 0.3 is 0 Å². The summed E-state index contributed by atoms with van der Waals surface area (Å²) in [6.07, 6.45) is 2.27. The van der Waals surface area contributed by atoms with Crippen LogP contribution in [-0.4, -0.2) is 10.9 Å². The average molecular weight is 167 g/mol. The minimum absolute atomic E-state index is 0.457. The first-order valence-corrected chi connectivity index (χ1v) is 4.78. The lowest BCUT2D eigenvalue weighted by Crippen LogP contribution is -2.33. The summed E-state index contributed by atoms with van der Waals surface area (Å²) in [4.78, 5) is 0.